The van der Waals surface area contributed by atoms with Gasteiger partial charge in [-0.2, -0.15) is 0 Å². The fourth-order valence-electron chi connectivity index (χ4n) is 2.49. The van der Waals surface area contributed by atoms with Crippen LogP contribution in [0.1, 0.15) is 65.6 Å². The van der Waals surface area contributed by atoms with Crippen molar-refractivity contribution in [3.63, 3.8) is 0 Å². The van der Waals surface area contributed by atoms with Crippen LogP contribution in [0.4, 0.5) is 5.69 Å². The van der Waals surface area contributed by atoms with E-state index >= 15 is 0 Å². The van der Waals surface area contributed by atoms with Crippen LogP contribution in [0.3, 0.4) is 0 Å². The number of hydrogen-bond acceptors (Lipinski definition) is 3. The van der Waals surface area contributed by atoms with Crippen molar-refractivity contribution in [2.24, 2.45) is 5.92 Å². The van der Waals surface area contributed by atoms with Crippen LogP contribution >= 0.6 is 0 Å². The lowest BCUT2D eigenvalue weighted by Crippen LogP contribution is -2.28. The molecule has 1 heterocycles. The minimum atomic E-state index is 0.378. The topological polar surface area (TPSA) is 28.2 Å². The maximum atomic E-state index is 4.70. The molecule has 0 spiro atoms. The summed E-state index contributed by atoms with van der Waals surface area (Å²) in [7, 11) is 0. The number of aromatic nitrogens is 1. The van der Waals surface area contributed by atoms with Gasteiger partial charge in [0.2, 0.25) is 0 Å². The second-order valence-corrected chi connectivity index (χ2v) is 5.91. The van der Waals surface area contributed by atoms with Crippen molar-refractivity contribution in [2.75, 3.05) is 24.5 Å². The van der Waals surface area contributed by atoms with Crippen molar-refractivity contribution in [1.82, 2.24) is 10.3 Å². The highest BCUT2D eigenvalue weighted by molar-refractivity contribution is 5.44. The van der Waals surface area contributed by atoms with E-state index in [-0.39, 0.29) is 0 Å². The molecule has 1 rings (SSSR count). The first-order chi connectivity index (χ1) is 10.2. The van der Waals surface area contributed by atoms with E-state index < -0.39 is 0 Å². The first kappa shape index (κ1) is 18.0. The summed E-state index contributed by atoms with van der Waals surface area (Å²) in [4.78, 5) is 7.12. The fraction of sp³-hybridized carbons (Fsp3) is 0.722. The normalized spacial score (nSPS) is 14.0. The van der Waals surface area contributed by atoms with Crippen molar-refractivity contribution in [3.05, 3.63) is 24.0 Å². The van der Waals surface area contributed by atoms with Gasteiger partial charge in [0.05, 0.1) is 17.6 Å². The van der Waals surface area contributed by atoms with Crippen LogP contribution in [0, 0.1) is 5.92 Å². The van der Waals surface area contributed by atoms with E-state index in [0.717, 1.165) is 44.1 Å². The predicted molar refractivity (Wildman–Crippen MR) is 92.9 cm³/mol. The van der Waals surface area contributed by atoms with E-state index in [4.69, 9.17) is 4.98 Å². The predicted octanol–water partition coefficient (Wildman–Crippen LogP) is 4.40. The van der Waals surface area contributed by atoms with E-state index in [2.05, 4.69) is 57.0 Å². The molecule has 3 heteroatoms. The Hall–Kier alpha value is -1.09. The number of pyridine rings is 1. The maximum Gasteiger partial charge on any atom is 0.0574 e. The third-order valence-electron chi connectivity index (χ3n) is 4.15. The molecule has 0 saturated carbocycles. The van der Waals surface area contributed by atoms with Crippen LogP contribution in [-0.2, 0) is 0 Å². The summed E-state index contributed by atoms with van der Waals surface area (Å²) >= 11 is 0. The van der Waals surface area contributed by atoms with E-state index in [1.54, 1.807) is 0 Å². The summed E-state index contributed by atoms with van der Waals surface area (Å²) in [6.45, 7) is 14.4. The van der Waals surface area contributed by atoms with Crippen molar-refractivity contribution in [2.45, 2.75) is 59.9 Å². The Kier molecular flexibility index (Phi) is 8.36. The Bertz CT molecular complexity index is 375. The van der Waals surface area contributed by atoms with Crippen LogP contribution in [0.15, 0.2) is 18.3 Å². The molecule has 0 bridgehead atoms. The highest BCUT2D eigenvalue weighted by Crippen LogP contribution is 2.20. The molecule has 0 aromatic carbocycles. The minimum Gasteiger partial charge on any atom is -0.370 e. The number of nitrogens with one attached hydrogen (secondary N) is 1. The van der Waals surface area contributed by atoms with Crippen LogP contribution in [-0.4, -0.2) is 24.6 Å². The van der Waals surface area contributed by atoms with Crippen LogP contribution < -0.4 is 10.2 Å². The molecule has 0 saturated heterocycles. The standard InChI is InChI=1S/C18H33N3/c1-6-12-19-17(8-3)18-11-10-16(13-20-18)21(9-4)14-15(5)7-2/h10-11,13,15,17,19H,6-9,12,14H2,1-5H3. The highest BCUT2D eigenvalue weighted by Gasteiger charge is 2.12. The van der Waals surface area contributed by atoms with E-state index in [9.17, 15) is 0 Å². The van der Waals surface area contributed by atoms with Crippen molar-refractivity contribution in [3.8, 4) is 0 Å². The number of hydrogen-bond donors (Lipinski definition) is 1. The summed E-state index contributed by atoms with van der Waals surface area (Å²) in [6.07, 6.45) is 5.50. The molecule has 120 valence electrons. The Labute approximate surface area is 131 Å². The molecule has 0 aliphatic rings. The second-order valence-electron chi connectivity index (χ2n) is 5.91. The lowest BCUT2D eigenvalue weighted by molar-refractivity contribution is 0.507. The third kappa shape index (κ3) is 5.66. The number of rotatable bonds is 10. The SMILES string of the molecule is CCCNC(CC)c1ccc(N(CC)CC(C)CC)cn1. The summed E-state index contributed by atoms with van der Waals surface area (Å²) in [5, 5.41) is 3.56. The lowest BCUT2D eigenvalue weighted by atomic mass is 10.1. The molecule has 21 heavy (non-hydrogen) atoms. The highest BCUT2D eigenvalue weighted by atomic mass is 15.1. The third-order valence-corrected chi connectivity index (χ3v) is 4.15. The smallest absolute Gasteiger partial charge is 0.0574 e. The molecular formula is C18H33N3. The maximum absolute atomic E-state index is 4.70. The zero-order valence-electron chi connectivity index (χ0n) is 14.5. The van der Waals surface area contributed by atoms with Crippen LogP contribution in [0.25, 0.3) is 0 Å². The minimum absolute atomic E-state index is 0.378. The molecule has 2 atom stereocenters. The first-order valence-corrected chi connectivity index (χ1v) is 8.60. The molecule has 0 aliphatic heterocycles. The molecule has 1 aromatic rings. The van der Waals surface area contributed by atoms with Gasteiger partial charge in [-0.1, -0.05) is 34.1 Å². The molecule has 1 aromatic heterocycles. The zero-order valence-corrected chi connectivity index (χ0v) is 14.5. The Morgan fingerprint density at radius 2 is 1.90 bits per heavy atom. The summed E-state index contributed by atoms with van der Waals surface area (Å²) in [5.41, 5.74) is 2.40. The molecule has 0 amide bonds. The summed E-state index contributed by atoms with van der Waals surface area (Å²) < 4.78 is 0. The van der Waals surface area contributed by atoms with Gasteiger partial charge >= 0.3 is 0 Å². The van der Waals surface area contributed by atoms with Gasteiger partial charge < -0.3 is 10.2 Å². The zero-order chi connectivity index (χ0) is 15.7. The van der Waals surface area contributed by atoms with Crippen LogP contribution in [0.2, 0.25) is 0 Å². The first-order valence-electron chi connectivity index (χ1n) is 8.60. The van der Waals surface area contributed by atoms with E-state index in [1.165, 1.54) is 12.1 Å². The molecule has 2 unspecified atom stereocenters. The van der Waals surface area contributed by atoms with Gasteiger partial charge in [0.25, 0.3) is 0 Å². The van der Waals surface area contributed by atoms with Crippen molar-refractivity contribution < 1.29 is 0 Å². The van der Waals surface area contributed by atoms with E-state index in [0.29, 0.717) is 6.04 Å². The lowest BCUT2D eigenvalue weighted by Gasteiger charge is -2.26. The number of nitrogens with zero attached hydrogens (tertiary/aromatic N) is 2. The van der Waals surface area contributed by atoms with Gasteiger partial charge in [-0.05, 0) is 44.4 Å². The quantitative estimate of drug-likeness (QED) is 0.692. The Balaban J connectivity index is 2.74. The van der Waals surface area contributed by atoms with Gasteiger partial charge in [-0.3, -0.25) is 4.98 Å². The summed E-state index contributed by atoms with van der Waals surface area (Å²) in [6, 6.07) is 4.79. The van der Waals surface area contributed by atoms with E-state index in [1.807, 2.05) is 6.20 Å². The molecule has 0 aliphatic carbocycles. The molecule has 3 nitrogen and oxygen atoms in total. The summed E-state index contributed by atoms with van der Waals surface area (Å²) in [5.74, 6) is 0.722. The molecule has 0 radical (unpaired) electrons. The number of anilines is 1. The second kappa shape index (κ2) is 9.78. The fourth-order valence-corrected chi connectivity index (χ4v) is 2.49. The largest absolute Gasteiger partial charge is 0.370 e. The Morgan fingerprint density at radius 1 is 1.14 bits per heavy atom. The van der Waals surface area contributed by atoms with Gasteiger partial charge in [0.15, 0.2) is 0 Å². The average molecular weight is 291 g/mol. The molecule has 1 N–H and O–H groups in total. The van der Waals surface area contributed by atoms with Gasteiger partial charge in [-0.25, -0.2) is 0 Å². The van der Waals surface area contributed by atoms with Gasteiger partial charge in [0, 0.05) is 19.1 Å². The average Bonchev–Trinajstić information content (AvgIpc) is 2.53. The molecule has 0 fully saturated rings. The van der Waals surface area contributed by atoms with Gasteiger partial charge in [-0.15, -0.1) is 0 Å². The Morgan fingerprint density at radius 3 is 2.38 bits per heavy atom. The monoisotopic (exact) mass is 291 g/mol. The van der Waals surface area contributed by atoms with Gasteiger partial charge in [0.1, 0.15) is 0 Å². The van der Waals surface area contributed by atoms with Crippen molar-refractivity contribution in [1.29, 1.82) is 0 Å². The van der Waals surface area contributed by atoms with Crippen molar-refractivity contribution >= 4 is 5.69 Å². The van der Waals surface area contributed by atoms with Crippen LogP contribution in [0.5, 0.6) is 0 Å². The molecular weight excluding hydrogens is 258 g/mol.